The molecule has 0 aromatic heterocycles. The van der Waals surface area contributed by atoms with Gasteiger partial charge < -0.3 is 14.7 Å². The molecule has 29 heavy (non-hydrogen) atoms. The fraction of sp³-hybridized carbons (Fsp3) is 0.458. The van der Waals surface area contributed by atoms with Crippen LogP contribution >= 0.6 is 0 Å². The Morgan fingerprint density at radius 1 is 1.21 bits per heavy atom. The van der Waals surface area contributed by atoms with E-state index in [0.717, 1.165) is 37.0 Å². The van der Waals surface area contributed by atoms with Crippen LogP contribution < -0.4 is 4.74 Å². The van der Waals surface area contributed by atoms with Crippen LogP contribution in [-0.2, 0) is 0 Å². The molecular weight excluding hydrogens is 369 g/mol. The summed E-state index contributed by atoms with van der Waals surface area (Å²) in [7, 11) is 0. The average Bonchev–Trinajstić information content (AvgIpc) is 2.73. The van der Waals surface area contributed by atoms with E-state index in [0.29, 0.717) is 25.1 Å². The molecule has 1 saturated carbocycles. The van der Waals surface area contributed by atoms with E-state index in [9.17, 15) is 14.3 Å². The molecule has 1 saturated heterocycles. The maximum Gasteiger partial charge on any atom is 0.254 e. The Kier molecular flexibility index (Phi) is 5.59. The third kappa shape index (κ3) is 3.76. The van der Waals surface area contributed by atoms with Crippen molar-refractivity contribution in [1.29, 1.82) is 0 Å². The molecule has 1 aliphatic carbocycles. The maximum absolute atomic E-state index is 13.8. The summed E-state index contributed by atoms with van der Waals surface area (Å²) in [6.45, 7) is 2.90. The highest BCUT2D eigenvalue weighted by Gasteiger charge is 2.50. The zero-order valence-electron chi connectivity index (χ0n) is 16.8. The summed E-state index contributed by atoms with van der Waals surface area (Å²) in [6, 6.07) is 13.3. The Bertz CT molecular complexity index is 886. The Balaban J connectivity index is 1.79. The molecule has 154 valence electrons. The standard InChI is InChI=1S/C24H28FNO3/c1-2-29-21-12-4-3-10-19(21)22-20-11-5-6-13-24(20,28)14-15-26(22)23(27)17-8-7-9-18(25)16-17/h3-4,7-10,12,16,20,22,28H,2,5-6,11,13-15H2,1H3/t20-,22+,24+/m0/s1. The Labute approximate surface area is 171 Å². The first-order valence-corrected chi connectivity index (χ1v) is 10.5. The number of halogens is 1. The van der Waals surface area contributed by atoms with Crippen molar-refractivity contribution in [1.82, 2.24) is 4.90 Å². The van der Waals surface area contributed by atoms with E-state index in [1.54, 1.807) is 12.1 Å². The highest BCUT2D eigenvalue weighted by molar-refractivity contribution is 5.94. The van der Waals surface area contributed by atoms with Crippen LogP contribution in [0, 0.1) is 11.7 Å². The lowest BCUT2D eigenvalue weighted by molar-refractivity contribution is -0.115. The van der Waals surface area contributed by atoms with E-state index in [1.807, 2.05) is 36.1 Å². The summed E-state index contributed by atoms with van der Waals surface area (Å²) >= 11 is 0. The van der Waals surface area contributed by atoms with Crippen molar-refractivity contribution in [2.45, 2.75) is 50.7 Å². The van der Waals surface area contributed by atoms with Gasteiger partial charge in [-0.2, -0.15) is 0 Å². The van der Waals surface area contributed by atoms with Gasteiger partial charge in [0.05, 0.1) is 18.2 Å². The van der Waals surface area contributed by atoms with Crippen molar-refractivity contribution in [3.05, 3.63) is 65.5 Å². The minimum absolute atomic E-state index is 0.0656. The Morgan fingerprint density at radius 3 is 2.83 bits per heavy atom. The second-order valence-corrected chi connectivity index (χ2v) is 8.13. The predicted molar refractivity (Wildman–Crippen MR) is 109 cm³/mol. The van der Waals surface area contributed by atoms with Gasteiger partial charge in [-0.15, -0.1) is 0 Å². The Morgan fingerprint density at radius 2 is 2.03 bits per heavy atom. The van der Waals surface area contributed by atoms with Crippen molar-refractivity contribution in [2.75, 3.05) is 13.2 Å². The molecule has 3 atom stereocenters. The molecule has 2 aromatic carbocycles. The van der Waals surface area contributed by atoms with Crippen LogP contribution in [0.3, 0.4) is 0 Å². The number of benzene rings is 2. The summed E-state index contributed by atoms with van der Waals surface area (Å²) in [6.07, 6.45) is 4.19. The monoisotopic (exact) mass is 397 g/mol. The number of carbonyl (C=O) groups is 1. The van der Waals surface area contributed by atoms with E-state index in [1.165, 1.54) is 12.1 Å². The number of ether oxygens (including phenoxy) is 1. The number of nitrogens with zero attached hydrogens (tertiary/aromatic N) is 1. The third-order valence-electron chi connectivity index (χ3n) is 6.44. The minimum atomic E-state index is -0.777. The highest BCUT2D eigenvalue weighted by atomic mass is 19.1. The topological polar surface area (TPSA) is 49.8 Å². The van der Waals surface area contributed by atoms with E-state index in [2.05, 4.69) is 0 Å². The minimum Gasteiger partial charge on any atom is -0.494 e. The quantitative estimate of drug-likeness (QED) is 0.811. The van der Waals surface area contributed by atoms with Gasteiger partial charge in [0, 0.05) is 23.6 Å². The van der Waals surface area contributed by atoms with Crippen LogP contribution in [0.2, 0.25) is 0 Å². The highest BCUT2D eigenvalue weighted by Crippen LogP contribution is 2.51. The van der Waals surface area contributed by atoms with Crippen LogP contribution in [0.25, 0.3) is 0 Å². The van der Waals surface area contributed by atoms with Crippen LogP contribution in [0.5, 0.6) is 5.75 Å². The van der Waals surface area contributed by atoms with Crippen LogP contribution in [-0.4, -0.2) is 34.7 Å². The van der Waals surface area contributed by atoms with Gasteiger partial charge in [-0.1, -0.05) is 37.1 Å². The van der Waals surface area contributed by atoms with Crippen LogP contribution in [0.4, 0.5) is 4.39 Å². The smallest absolute Gasteiger partial charge is 0.254 e. The summed E-state index contributed by atoms with van der Waals surface area (Å²) in [4.78, 5) is 15.2. The fourth-order valence-electron chi connectivity index (χ4n) is 5.09. The predicted octanol–water partition coefficient (Wildman–Crippen LogP) is 4.73. The number of piperidine rings is 1. The lowest BCUT2D eigenvalue weighted by Gasteiger charge is -2.52. The van der Waals surface area contributed by atoms with E-state index >= 15 is 0 Å². The molecule has 1 aliphatic heterocycles. The summed E-state index contributed by atoms with van der Waals surface area (Å²) in [5.74, 6) is 0.0534. The molecule has 0 bridgehead atoms. The van der Waals surface area contributed by atoms with E-state index in [-0.39, 0.29) is 17.9 Å². The first kappa shape index (κ1) is 19.9. The van der Waals surface area contributed by atoms with Gasteiger partial charge in [-0.25, -0.2) is 4.39 Å². The van der Waals surface area contributed by atoms with Gasteiger partial charge >= 0.3 is 0 Å². The zero-order chi connectivity index (χ0) is 20.4. The van der Waals surface area contributed by atoms with Crippen molar-refractivity contribution < 1.29 is 19.0 Å². The Hall–Kier alpha value is -2.40. The number of likely N-dealkylation sites (tertiary alicyclic amines) is 1. The molecule has 1 amide bonds. The molecule has 2 aromatic rings. The second kappa shape index (κ2) is 8.15. The average molecular weight is 397 g/mol. The van der Waals surface area contributed by atoms with E-state index < -0.39 is 11.4 Å². The summed E-state index contributed by atoms with van der Waals surface area (Å²) < 4.78 is 19.7. The van der Waals surface area contributed by atoms with Gasteiger partial charge in [0.15, 0.2) is 0 Å². The molecule has 2 aliphatic rings. The molecule has 5 heteroatoms. The normalized spacial score (nSPS) is 26.7. The van der Waals surface area contributed by atoms with Gasteiger partial charge in [-0.3, -0.25) is 4.79 Å². The number of rotatable bonds is 4. The summed E-state index contributed by atoms with van der Waals surface area (Å²) in [5, 5.41) is 11.4. The van der Waals surface area contributed by atoms with Crippen LogP contribution in [0.15, 0.2) is 48.5 Å². The molecule has 0 spiro atoms. The van der Waals surface area contributed by atoms with Gasteiger partial charge in [0.2, 0.25) is 0 Å². The zero-order valence-corrected chi connectivity index (χ0v) is 16.8. The van der Waals surface area contributed by atoms with Gasteiger partial charge in [0.25, 0.3) is 5.91 Å². The SMILES string of the molecule is CCOc1ccccc1[C@@H]1[C@@H]2CCCC[C@@]2(O)CCN1C(=O)c1cccc(F)c1. The maximum atomic E-state index is 13.8. The molecule has 0 unspecified atom stereocenters. The number of hydrogen-bond donors (Lipinski definition) is 1. The first-order chi connectivity index (χ1) is 14.0. The lowest BCUT2D eigenvalue weighted by atomic mass is 9.66. The number of carbonyl (C=O) groups excluding carboxylic acids is 1. The van der Waals surface area contributed by atoms with Crippen molar-refractivity contribution >= 4 is 5.91 Å². The molecule has 4 nitrogen and oxygen atoms in total. The van der Waals surface area contributed by atoms with Gasteiger partial charge in [0.1, 0.15) is 11.6 Å². The molecule has 4 rings (SSSR count). The number of aliphatic hydroxyl groups is 1. The first-order valence-electron chi connectivity index (χ1n) is 10.5. The number of fused-ring (bicyclic) bond motifs is 1. The summed E-state index contributed by atoms with van der Waals surface area (Å²) in [5.41, 5.74) is 0.482. The largest absolute Gasteiger partial charge is 0.494 e. The molecule has 2 fully saturated rings. The van der Waals surface area contributed by atoms with E-state index in [4.69, 9.17) is 4.74 Å². The number of amides is 1. The van der Waals surface area contributed by atoms with Crippen LogP contribution in [0.1, 0.15) is 61.0 Å². The van der Waals surface area contributed by atoms with Gasteiger partial charge in [-0.05, 0) is 50.5 Å². The molecule has 0 radical (unpaired) electrons. The molecule has 1 heterocycles. The molecule has 1 N–H and O–H groups in total. The molecular formula is C24H28FNO3. The lowest BCUT2D eigenvalue weighted by Crippen LogP contribution is -2.56. The number of para-hydroxylation sites is 1. The van der Waals surface area contributed by atoms with Crippen molar-refractivity contribution in [3.8, 4) is 5.75 Å². The third-order valence-corrected chi connectivity index (χ3v) is 6.44. The fourth-order valence-corrected chi connectivity index (χ4v) is 5.09. The number of hydrogen-bond acceptors (Lipinski definition) is 3. The van der Waals surface area contributed by atoms with Crippen molar-refractivity contribution in [2.24, 2.45) is 5.92 Å². The second-order valence-electron chi connectivity index (χ2n) is 8.13. The van der Waals surface area contributed by atoms with Crippen molar-refractivity contribution in [3.63, 3.8) is 0 Å².